The van der Waals surface area contributed by atoms with Gasteiger partial charge in [-0.1, -0.05) is 12.1 Å². The lowest BCUT2D eigenvalue weighted by atomic mass is 10.1. The third kappa shape index (κ3) is 3.45. The van der Waals surface area contributed by atoms with Crippen LogP contribution in [0.25, 0.3) is 0 Å². The third-order valence-corrected chi connectivity index (χ3v) is 3.57. The van der Waals surface area contributed by atoms with E-state index in [1.165, 1.54) is 11.3 Å². The van der Waals surface area contributed by atoms with Gasteiger partial charge in [-0.3, -0.25) is 0 Å². The Morgan fingerprint density at radius 2 is 1.76 bits per heavy atom. The van der Waals surface area contributed by atoms with Gasteiger partial charge >= 0.3 is 0 Å². The zero-order valence-electron chi connectivity index (χ0n) is 10.8. The average molecular weight is 235 g/mol. The molecule has 0 bridgehead atoms. The number of benzene rings is 1. The zero-order valence-corrected chi connectivity index (χ0v) is 10.8. The molecule has 0 spiro atoms. The molecule has 0 aliphatic carbocycles. The van der Waals surface area contributed by atoms with Crippen molar-refractivity contribution in [3.8, 4) is 0 Å². The van der Waals surface area contributed by atoms with E-state index < -0.39 is 0 Å². The van der Waals surface area contributed by atoms with E-state index in [2.05, 4.69) is 43.3 Å². The molecule has 0 saturated carbocycles. The van der Waals surface area contributed by atoms with Crippen LogP contribution < -0.4 is 9.80 Å². The molecule has 1 aromatic carbocycles. The van der Waals surface area contributed by atoms with E-state index in [0.717, 1.165) is 32.5 Å². The van der Waals surface area contributed by atoms with Gasteiger partial charge in [0.2, 0.25) is 0 Å². The molecule has 0 aromatic heterocycles. The van der Waals surface area contributed by atoms with Crippen molar-refractivity contribution < 1.29 is 10.0 Å². The quantitative estimate of drug-likeness (QED) is 0.788. The summed E-state index contributed by atoms with van der Waals surface area (Å²) in [6.07, 6.45) is 1.84. The van der Waals surface area contributed by atoms with Crippen molar-refractivity contribution in [1.29, 1.82) is 0 Å². The summed E-state index contributed by atoms with van der Waals surface area (Å²) in [5, 5.41) is 9.47. The first kappa shape index (κ1) is 12.4. The highest BCUT2D eigenvalue weighted by Gasteiger charge is 2.19. The number of rotatable bonds is 3. The van der Waals surface area contributed by atoms with E-state index in [4.69, 9.17) is 0 Å². The maximum atomic E-state index is 9.47. The Balaban J connectivity index is 1.90. The molecular weight excluding hydrogens is 212 g/mol. The first-order chi connectivity index (χ1) is 8.15. The van der Waals surface area contributed by atoms with Gasteiger partial charge in [-0.25, -0.2) is 0 Å². The molecular formula is C14H23N2O+. The monoisotopic (exact) mass is 235 g/mol. The Kier molecular flexibility index (Phi) is 4.02. The lowest BCUT2D eigenvalue weighted by Gasteiger charge is -2.26. The molecule has 2 rings (SSSR count). The fourth-order valence-corrected chi connectivity index (χ4v) is 2.39. The van der Waals surface area contributed by atoms with Crippen LogP contribution in [0, 0.1) is 0 Å². The van der Waals surface area contributed by atoms with E-state index in [1.54, 1.807) is 4.90 Å². The number of piperidine rings is 1. The van der Waals surface area contributed by atoms with Crippen LogP contribution in [0.4, 0.5) is 5.69 Å². The number of nitrogens with zero attached hydrogens (tertiary/aromatic N) is 1. The molecule has 0 unspecified atom stereocenters. The number of aliphatic hydroxyl groups is 1. The Labute approximate surface area is 104 Å². The molecule has 3 heteroatoms. The standard InChI is InChI=1S/C14H22N2O/c1-15(2)13-5-3-12(4-6-13)11-16-9-7-14(17)8-10-16/h3-6,14,17H,7-11H2,1-2H3/p+1. The highest BCUT2D eigenvalue weighted by Crippen LogP contribution is 2.11. The van der Waals surface area contributed by atoms with E-state index in [0.29, 0.717) is 0 Å². The smallest absolute Gasteiger partial charge is 0.103 e. The van der Waals surface area contributed by atoms with Crippen LogP contribution in [0.15, 0.2) is 24.3 Å². The highest BCUT2D eigenvalue weighted by molar-refractivity contribution is 5.45. The maximum absolute atomic E-state index is 9.47. The Hall–Kier alpha value is -1.06. The van der Waals surface area contributed by atoms with Gasteiger partial charge < -0.3 is 14.9 Å². The average Bonchev–Trinajstić information content (AvgIpc) is 2.33. The van der Waals surface area contributed by atoms with Gasteiger partial charge in [0.25, 0.3) is 0 Å². The first-order valence-electron chi connectivity index (χ1n) is 6.43. The molecule has 1 saturated heterocycles. The van der Waals surface area contributed by atoms with Crippen LogP contribution in [0.5, 0.6) is 0 Å². The summed E-state index contributed by atoms with van der Waals surface area (Å²) in [5.74, 6) is 0. The topological polar surface area (TPSA) is 27.9 Å². The van der Waals surface area contributed by atoms with Crippen molar-refractivity contribution >= 4 is 5.69 Å². The second-order valence-corrected chi connectivity index (χ2v) is 5.22. The molecule has 94 valence electrons. The highest BCUT2D eigenvalue weighted by atomic mass is 16.3. The molecule has 1 aromatic rings. The van der Waals surface area contributed by atoms with E-state index in [1.807, 2.05) is 0 Å². The van der Waals surface area contributed by atoms with Crippen LogP contribution in [0.1, 0.15) is 18.4 Å². The molecule has 1 aliphatic rings. The summed E-state index contributed by atoms with van der Waals surface area (Å²) < 4.78 is 0. The van der Waals surface area contributed by atoms with Crippen LogP contribution in [0.2, 0.25) is 0 Å². The Morgan fingerprint density at radius 1 is 1.18 bits per heavy atom. The number of nitrogens with one attached hydrogen (secondary N) is 1. The molecule has 17 heavy (non-hydrogen) atoms. The molecule has 1 fully saturated rings. The maximum Gasteiger partial charge on any atom is 0.103 e. The Morgan fingerprint density at radius 3 is 2.29 bits per heavy atom. The minimum Gasteiger partial charge on any atom is -0.393 e. The van der Waals surface area contributed by atoms with Crippen LogP contribution in [0.3, 0.4) is 0 Å². The van der Waals surface area contributed by atoms with E-state index in [9.17, 15) is 5.11 Å². The number of hydrogen-bond donors (Lipinski definition) is 2. The van der Waals surface area contributed by atoms with Gasteiger partial charge in [0.15, 0.2) is 0 Å². The molecule has 0 amide bonds. The summed E-state index contributed by atoms with van der Waals surface area (Å²) in [7, 11) is 4.12. The molecule has 0 radical (unpaired) electrons. The molecule has 3 nitrogen and oxygen atoms in total. The van der Waals surface area contributed by atoms with Crippen LogP contribution in [-0.4, -0.2) is 38.4 Å². The van der Waals surface area contributed by atoms with Crippen molar-refractivity contribution in [2.24, 2.45) is 0 Å². The molecule has 1 heterocycles. The minimum absolute atomic E-state index is 0.0603. The first-order valence-corrected chi connectivity index (χ1v) is 6.43. The van der Waals surface area contributed by atoms with Gasteiger partial charge in [-0.2, -0.15) is 0 Å². The zero-order chi connectivity index (χ0) is 12.3. The SMILES string of the molecule is CN(C)c1ccc(C[NH+]2CCC(O)CC2)cc1. The Bertz CT molecular complexity index is 340. The minimum atomic E-state index is -0.0603. The van der Waals surface area contributed by atoms with Crippen LogP contribution >= 0.6 is 0 Å². The number of quaternary nitrogens is 1. The fourth-order valence-electron chi connectivity index (χ4n) is 2.39. The summed E-state index contributed by atoms with van der Waals surface area (Å²) in [5.41, 5.74) is 2.64. The van der Waals surface area contributed by atoms with Gasteiger partial charge in [0.1, 0.15) is 6.54 Å². The predicted octanol–water partition coefficient (Wildman–Crippen LogP) is 0.292. The largest absolute Gasteiger partial charge is 0.393 e. The fraction of sp³-hybridized carbons (Fsp3) is 0.571. The summed E-state index contributed by atoms with van der Waals surface area (Å²) >= 11 is 0. The molecule has 0 atom stereocenters. The summed E-state index contributed by atoms with van der Waals surface area (Å²) in [6, 6.07) is 8.78. The predicted molar refractivity (Wildman–Crippen MR) is 70.4 cm³/mol. The third-order valence-electron chi connectivity index (χ3n) is 3.57. The molecule has 1 aliphatic heterocycles. The van der Waals surface area contributed by atoms with E-state index >= 15 is 0 Å². The molecule has 2 N–H and O–H groups in total. The second-order valence-electron chi connectivity index (χ2n) is 5.22. The van der Waals surface area contributed by atoms with Crippen molar-refractivity contribution in [3.05, 3.63) is 29.8 Å². The van der Waals surface area contributed by atoms with Crippen molar-refractivity contribution in [1.82, 2.24) is 0 Å². The van der Waals surface area contributed by atoms with E-state index in [-0.39, 0.29) is 6.10 Å². The lowest BCUT2D eigenvalue weighted by Crippen LogP contribution is -3.12. The van der Waals surface area contributed by atoms with Crippen molar-refractivity contribution in [2.45, 2.75) is 25.5 Å². The second kappa shape index (κ2) is 5.52. The van der Waals surface area contributed by atoms with Gasteiger partial charge in [-0.15, -0.1) is 0 Å². The summed E-state index contributed by atoms with van der Waals surface area (Å²) in [4.78, 5) is 3.71. The van der Waals surface area contributed by atoms with Gasteiger partial charge in [0.05, 0.1) is 19.2 Å². The normalized spacial score (nSPS) is 24.6. The number of aliphatic hydroxyl groups excluding tert-OH is 1. The summed E-state index contributed by atoms with van der Waals surface area (Å²) in [6.45, 7) is 3.27. The lowest BCUT2D eigenvalue weighted by molar-refractivity contribution is -0.919. The van der Waals surface area contributed by atoms with Gasteiger partial charge in [-0.05, 0) is 12.1 Å². The number of likely N-dealkylation sites (tertiary alicyclic amines) is 1. The van der Waals surface area contributed by atoms with Crippen molar-refractivity contribution in [2.75, 3.05) is 32.1 Å². The number of hydrogen-bond acceptors (Lipinski definition) is 2. The van der Waals surface area contributed by atoms with Crippen LogP contribution in [-0.2, 0) is 6.54 Å². The van der Waals surface area contributed by atoms with Gasteiger partial charge in [0, 0.05) is 38.2 Å². The van der Waals surface area contributed by atoms with Crippen molar-refractivity contribution in [3.63, 3.8) is 0 Å². The number of anilines is 1.